The fraction of sp³-hybridized carbons (Fsp3) is 0.300. The summed E-state index contributed by atoms with van der Waals surface area (Å²) < 4.78 is 5.48. The van der Waals surface area contributed by atoms with Gasteiger partial charge in [-0.05, 0) is 49.2 Å². The zero-order valence-corrected chi connectivity index (χ0v) is 14.6. The highest BCUT2D eigenvalue weighted by Gasteiger charge is 2.25. The monoisotopic (exact) mass is 374 g/mol. The van der Waals surface area contributed by atoms with E-state index in [1.54, 1.807) is 24.3 Å². The zero-order valence-electron chi connectivity index (χ0n) is 14.6. The predicted octanol–water partition coefficient (Wildman–Crippen LogP) is 2.37. The maximum absolute atomic E-state index is 12.3. The molecule has 0 saturated carbocycles. The lowest BCUT2D eigenvalue weighted by molar-refractivity contribution is -0.133. The molecule has 7 heteroatoms. The molecule has 27 heavy (non-hydrogen) atoms. The van der Waals surface area contributed by atoms with E-state index in [1.165, 1.54) is 12.4 Å². The van der Waals surface area contributed by atoms with E-state index < -0.39 is 24.0 Å². The van der Waals surface area contributed by atoms with Gasteiger partial charge in [-0.1, -0.05) is 31.7 Å². The Kier molecular flexibility index (Phi) is 8.44. The van der Waals surface area contributed by atoms with Crippen molar-refractivity contribution in [1.82, 2.24) is 10.8 Å². The molecule has 0 bridgehead atoms. The molecular weight excluding hydrogens is 348 g/mol. The fourth-order valence-corrected chi connectivity index (χ4v) is 2.45. The van der Waals surface area contributed by atoms with Gasteiger partial charge in [0.05, 0.1) is 12.7 Å². The van der Waals surface area contributed by atoms with Gasteiger partial charge in [0.15, 0.2) is 0 Å². The number of amides is 2. The number of carbonyl (C=O) groups is 2. The average Bonchev–Trinajstić information content (AvgIpc) is 2.65. The van der Waals surface area contributed by atoms with E-state index in [-0.39, 0.29) is 7.43 Å². The quantitative estimate of drug-likeness (QED) is 0.440. The number of rotatable bonds is 7. The largest absolute Gasteiger partial charge is 0.494 e. The van der Waals surface area contributed by atoms with Crippen molar-refractivity contribution in [1.29, 1.82) is 0 Å². The van der Waals surface area contributed by atoms with Crippen LogP contribution in [0.2, 0.25) is 0 Å². The van der Waals surface area contributed by atoms with Crippen LogP contribution in [-0.4, -0.2) is 40.9 Å². The van der Waals surface area contributed by atoms with E-state index in [0.717, 1.165) is 16.9 Å². The highest BCUT2D eigenvalue weighted by molar-refractivity contribution is 5.97. The number of hydrogen-bond acceptors (Lipinski definition) is 5. The molecule has 2 aromatic rings. The molecule has 0 aliphatic heterocycles. The van der Waals surface area contributed by atoms with Crippen molar-refractivity contribution in [2.24, 2.45) is 0 Å². The van der Waals surface area contributed by atoms with Crippen LogP contribution < -0.4 is 15.5 Å². The van der Waals surface area contributed by atoms with E-state index in [2.05, 4.69) is 5.32 Å². The molecule has 0 unspecified atom stereocenters. The molecule has 146 valence electrons. The highest BCUT2D eigenvalue weighted by Crippen LogP contribution is 2.24. The van der Waals surface area contributed by atoms with Gasteiger partial charge in [-0.2, -0.15) is 0 Å². The van der Waals surface area contributed by atoms with Crippen LogP contribution in [0.4, 0.5) is 0 Å². The molecular formula is C20H26N2O5. The topological polar surface area (TPSA) is 108 Å². The minimum Gasteiger partial charge on any atom is -0.494 e. The Morgan fingerprint density at radius 1 is 1.11 bits per heavy atom. The van der Waals surface area contributed by atoms with Gasteiger partial charge in [0.25, 0.3) is 11.8 Å². The Balaban J connectivity index is 0.00000364. The van der Waals surface area contributed by atoms with Crippen LogP contribution in [0.3, 0.4) is 0 Å². The number of ether oxygens (including phenoxy) is 1. The Morgan fingerprint density at radius 3 is 2.33 bits per heavy atom. The molecule has 0 aromatic heterocycles. The third-order valence-electron chi connectivity index (χ3n) is 3.79. The van der Waals surface area contributed by atoms with Crippen LogP contribution in [0.5, 0.6) is 5.75 Å². The van der Waals surface area contributed by atoms with Crippen LogP contribution in [0.15, 0.2) is 48.5 Å². The van der Waals surface area contributed by atoms with Gasteiger partial charge >= 0.3 is 0 Å². The van der Waals surface area contributed by atoms with Crippen molar-refractivity contribution in [3.05, 3.63) is 54.1 Å². The smallest absolute Gasteiger partial charge is 0.268 e. The highest BCUT2D eigenvalue weighted by atomic mass is 16.5. The number of hydroxylamine groups is 1. The van der Waals surface area contributed by atoms with Crippen molar-refractivity contribution in [3.8, 4) is 16.9 Å². The first-order valence-corrected chi connectivity index (χ1v) is 8.22. The number of benzene rings is 2. The first-order chi connectivity index (χ1) is 12.5. The number of hydrogen-bond donors (Lipinski definition) is 4. The molecule has 2 rings (SSSR count). The summed E-state index contributed by atoms with van der Waals surface area (Å²) in [5.74, 6) is -0.659. The molecule has 2 atom stereocenters. The van der Waals surface area contributed by atoms with Crippen molar-refractivity contribution < 1.29 is 24.6 Å². The summed E-state index contributed by atoms with van der Waals surface area (Å²) >= 11 is 0. The van der Waals surface area contributed by atoms with Gasteiger partial charge in [-0.15, -0.1) is 0 Å². The number of carbonyl (C=O) groups excluding carboxylic acids is 2. The van der Waals surface area contributed by atoms with Crippen molar-refractivity contribution >= 4 is 11.8 Å². The third-order valence-corrected chi connectivity index (χ3v) is 3.79. The average molecular weight is 374 g/mol. The normalized spacial score (nSPS) is 12.3. The van der Waals surface area contributed by atoms with Crippen LogP contribution in [0, 0.1) is 0 Å². The molecule has 0 spiro atoms. The second-order valence-corrected chi connectivity index (χ2v) is 5.71. The van der Waals surface area contributed by atoms with E-state index in [9.17, 15) is 14.7 Å². The van der Waals surface area contributed by atoms with Crippen LogP contribution in [0.1, 0.15) is 31.6 Å². The minimum absolute atomic E-state index is 0. The lowest BCUT2D eigenvalue weighted by atomic mass is 10.0. The molecule has 0 fully saturated rings. The molecule has 2 amide bonds. The zero-order chi connectivity index (χ0) is 19.1. The lowest BCUT2D eigenvalue weighted by Gasteiger charge is -2.19. The molecule has 0 saturated heterocycles. The molecule has 0 radical (unpaired) electrons. The third kappa shape index (κ3) is 5.80. The predicted molar refractivity (Wildman–Crippen MR) is 103 cm³/mol. The van der Waals surface area contributed by atoms with Crippen molar-refractivity contribution in [3.63, 3.8) is 0 Å². The summed E-state index contributed by atoms with van der Waals surface area (Å²) in [6, 6.07) is 13.2. The van der Waals surface area contributed by atoms with Crippen molar-refractivity contribution in [2.75, 3.05) is 6.61 Å². The van der Waals surface area contributed by atoms with E-state index >= 15 is 0 Å². The summed E-state index contributed by atoms with van der Waals surface area (Å²) in [7, 11) is 0. The van der Waals surface area contributed by atoms with Crippen LogP contribution >= 0.6 is 0 Å². The molecule has 0 aliphatic carbocycles. The van der Waals surface area contributed by atoms with E-state index in [4.69, 9.17) is 9.94 Å². The molecule has 7 nitrogen and oxygen atoms in total. The molecule has 0 aliphatic rings. The summed E-state index contributed by atoms with van der Waals surface area (Å²) in [4.78, 5) is 23.8. The number of aliphatic hydroxyl groups excluding tert-OH is 1. The first-order valence-electron chi connectivity index (χ1n) is 8.22. The van der Waals surface area contributed by atoms with Gasteiger partial charge in [0, 0.05) is 5.56 Å². The number of aliphatic hydroxyl groups is 1. The van der Waals surface area contributed by atoms with Gasteiger partial charge < -0.3 is 15.2 Å². The summed E-state index contributed by atoms with van der Waals surface area (Å²) in [6.07, 6.45) is -1.16. The SMILES string of the molecule is C.CCOc1cccc(-c2ccc(C(=O)N[C@H](C(=O)NO)[C@@H](C)O)cc2)c1. The lowest BCUT2D eigenvalue weighted by Crippen LogP contribution is -2.51. The van der Waals surface area contributed by atoms with Crippen LogP contribution in [0.25, 0.3) is 11.1 Å². The Morgan fingerprint density at radius 2 is 1.78 bits per heavy atom. The Hall–Kier alpha value is -2.90. The van der Waals surface area contributed by atoms with Crippen molar-refractivity contribution in [2.45, 2.75) is 33.4 Å². The first kappa shape index (κ1) is 22.1. The van der Waals surface area contributed by atoms with Gasteiger partial charge in [0.1, 0.15) is 11.8 Å². The van der Waals surface area contributed by atoms with Crippen LogP contribution in [-0.2, 0) is 4.79 Å². The minimum atomic E-state index is -1.25. The maximum Gasteiger partial charge on any atom is 0.268 e. The van der Waals surface area contributed by atoms with Gasteiger partial charge in [-0.25, -0.2) is 5.48 Å². The Labute approximate surface area is 158 Å². The standard InChI is InChI=1S/C19H22N2O5.CH4/c1-3-26-16-6-4-5-15(11-16)13-7-9-14(10-8-13)18(23)20-17(12(2)22)19(24)21-25;/h4-12,17,22,25H,3H2,1-2H3,(H,20,23)(H,21,24);1H4/t12-,17+;/m1./s1. The summed E-state index contributed by atoms with van der Waals surface area (Å²) in [6.45, 7) is 3.83. The number of nitrogens with one attached hydrogen (secondary N) is 2. The molecule has 4 N–H and O–H groups in total. The fourth-order valence-electron chi connectivity index (χ4n) is 2.45. The second kappa shape index (κ2) is 10.3. The summed E-state index contributed by atoms with van der Waals surface area (Å²) in [5, 5.41) is 20.6. The van der Waals surface area contributed by atoms with E-state index in [0.29, 0.717) is 12.2 Å². The second-order valence-electron chi connectivity index (χ2n) is 5.71. The molecule has 0 heterocycles. The van der Waals surface area contributed by atoms with E-state index in [1.807, 2.05) is 31.2 Å². The van der Waals surface area contributed by atoms with Gasteiger partial charge in [0.2, 0.25) is 0 Å². The summed E-state index contributed by atoms with van der Waals surface area (Å²) in [5.41, 5.74) is 3.60. The van der Waals surface area contributed by atoms with Gasteiger partial charge in [-0.3, -0.25) is 14.8 Å². The Bertz CT molecular complexity index is 759. The molecule has 2 aromatic carbocycles. The maximum atomic E-state index is 12.3.